The van der Waals surface area contributed by atoms with Crippen LogP contribution >= 0.6 is 0 Å². The highest BCUT2D eigenvalue weighted by atomic mass is 15.2. The molecule has 1 aromatic heterocycles. The van der Waals surface area contributed by atoms with Gasteiger partial charge in [0.15, 0.2) is 0 Å². The molecular formula is C30H27N3. The fraction of sp³-hybridized carbons (Fsp3) is 0.167. The lowest BCUT2D eigenvalue weighted by molar-refractivity contribution is 0.313. The Hall–Kier alpha value is -3.69. The van der Waals surface area contributed by atoms with Crippen LogP contribution < -0.4 is 4.90 Å². The van der Waals surface area contributed by atoms with E-state index < -0.39 is 0 Å². The second-order valence-corrected chi connectivity index (χ2v) is 8.98. The molecule has 0 amide bonds. The molecule has 162 valence electrons. The molecule has 3 heteroatoms. The monoisotopic (exact) mass is 429 g/mol. The lowest BCUT2D eigenvalue weighted by Crippen LogP contribution is -2.44. The van der Waals surface area contributed by atoms with Crippen LogP contribution in [0.5, 0.6) is 0 Å². The Kier molecular flexibility index (Phi) is 5.04. The van der Waals surface area contributed by atoms with Crippen molar-refractivity contribution < 1.29 is 0 Å². The summed E-state index contributed by atoms with van der Waals surface area (Å²) in [7, 11) is 2.20. The maximum atomic E-state index is 5.12. The number of anilines is 1. The van der Waals surface area contributed by atoms with E-state index in [1.165, 1.54) is 33.0 Å². The fourth-order valence-corrected chi connectivity index (χ4v) is 4.82. The van der Waals surface area contributed by atoms with Gasteiger partial charge in [-0.1, -0.05) is 72.8 Å². The summed E-state index contributed by atoms with van der Waals surface area (Å²) >= 11 is 0. The molecule has 6 rings (SSSR count). The summed E-state index contributed by atoms with van der Waals surface area (Å²) in [5.74, 6) is 0. The summed E-state index contributed by atoms with van der Waals surface area (Å²) in [6.45, 7) is 4.21. The zero-order valence-corrected chi connectivity index (χ0v) is 18.9. The van der Waals surface area contributed by atoms with Crippen LogP contribution in [-0.2, 0) is 0 Å². The Morgan fingerprint density at radius 2 is 1.33 bits per heavy atom. The van der Waals surface area contributed by atoms with Crippen LogP contribution in [0.4, 0.5) is 5.69 Å². The van der Waals surface area contributed by atoms with Crippen molar-refractivity contribution >= 4 is 27.4 Å². The number of pyridine rings is 1. The number of hydrogen-bond acceptors (Lipinski definition) is 3. The molecule has 2 heterocycles. The van der Waals surface area contributed by atoms with Crippen LogP contribution in [0.15, 0.2) is 97.1 Å². The van der Waals surface area contributed by atoms with Crippen molar-refractivity contribution in [3.63, 3.8) is 0 Å². The molecule has 0 atom stereocenters. The third kappa shape index (κ3) is 3.85. The predicted molar refractivity (Wildman–Crippen MR) is 140 cm³/mol. The highest BCUT2D eigenvalue weighted by Gasteiger charge is 2.19. The summed E-state index contributed by atoms with van der Waals surface area (Å²) < 4.78 is 0. The quantitative estimate of drug-likeness (QED) is 0.327. The van der Waals surface area contributed by atoms with Gasteiger partial charge in [0.2, 0.25) is 0 Å². The van der Waals surface area contributed by atoms with E-state index >= 15 is 0 Å². The fourth-order valence-electron chi connectivity index (χ4n) is 4.82. The van der Waals surface area contributed by atoms with Gasteiger partial charge in [0.25, 0.3) is 0 Å². The Morgan fingerprint density at radius 1 is 0.606 bits per heavy atom. The highest BCUT2D eigenvalue weighted by molar-refractivity contribution is 5.97. The minimum absolute atomic E-state index is 1.03. The molecule has 0 saturated carbocycles. The largest absolute Gasteiger partial charge is 0.368 e. The number of rotatable bonds is 3. The van der Waals surface area contributed by atoms with E-state index in [-0.39, 0.29) is 0 Å². The molecule has 5 aromatic rings. The van der Waals surface area contributed by atoms with Gasteiger partial charge < -0.3 is 9.80 Å². The topological polar surface area (TPSA) is 19.4 Å². The van der Waals surface area contributed by atoms with E-state index in [0.29, 0.717) is 0 Å². The van der Waals surface area contributed by atoms with Crippen molar-refractivity contribution in [2.75, 3.05) is 38.1 Å². The molecule has 0 N–H and O–H groups in total. The second kappa shape index (κ2) is 8.34. The summed E-state index contributed by atoms with van der Waals surface area (Å²) in [6.07, 6.45) is 0. The van der Waals surface area contributed by atoms with Crippen LogP contribution in [-0.4, -0.2) is 43.1 Å². The minimum Gasteiger partial charge on any atom is -0.368 e. The van der Waals surface area contributed by atoms with Crippen molar-refractivity contribution in [3.05, 3.63) is 97.1 Å². The number of likely N-dealkylation sites (N-methyl/N-ethyl adjacent to an activating group) is 1. The molecule has 1 aliphatic rings. The average molecular weight is 430 g/mol. The maximum Gasteiger partial charge on any atom is 0.0730 e. The molecule has 1 saturated heterocycles. The number of benzene rings is 4. The third-order valence-corrected chi connectivity index (χ3v) is 6.78. The van der Waals surface area contributed by atoms with E-state index in [4.69, 9.17) is 4.98 Å². The number of fused-ring (bicyclic) bond motifs is 2. The first-order valence-corrected chi connectivity index (χ1v) is 11.7. The average Bonchev–Trinajstić information content (AvgIpc) is 2.88. The van der Waals surface area contributed by atoms with Crippen LogP contribution in [0.2, 0.25) is 0 Å². The van der Waals surface area contributed by atoms with Gasteiger partial charge in [-0.25, -0.2) is 4.98 Å². The molecule has 0 unspecified atom stereocenters. The summed E-state index contributed by atoms with van der Waals surface area (Å²) in [6, 6.07) is 34.8. The van der Waals surface area contributed by atoms with Gasteiger partial charge in [-0.15, -0.1) is 0 Å². The Balaban J connectivity index is 1.52. The van der Waals surface area contributed by atoms with Gasteiger partial charge in [-0.2, -0.15) is 0 Å². The zero-order chi connectivity index (χ0) is 22.2. The van der Waals surface area contributed by atoms with Crippen LogP contribution in [0.1, 0.15) is 0 Å². The number of hydrogen-bond donors (Lipinski definition) is 0. The van der Waals surface area contributed by atoms with Crippen molar-refractivity contribution in [3.8, 4) is 22.4 Å². The molecule has 3 nitrogen and oxygen atoms in total. The predicted octanol–water partition coefficient (Wildman–Crippen LogP) is 6.47. The third-order valence-electron chi connectivity index (χ3n) is 6.78. The van der Waals surface area contributed by atoms with Gasteiger partial charge >= 0.3 is 0 Å². The zero-order valence-electron chi connectivity index (χ0n) is 18.9. The van der Waals surface area contributed by atoms with E-state index in [1.54, 1.807) is 0 Å². The van der Waals surface area contributed by atoms with Crippen LogP contribution in [0.25, 0.3) is 44.1 Å². The first-order chi connectivity index (χ1) is 16.2. The molecular weight excluding hydrogens is 402 g/mol. The maximum absolute atomic E-state index is 5.12. The molecule has 0 spiro atoms. The summed E-state index contributed by atoms with van der Waals surface area (Å²) in [5.41, 5.74) is 7.01. The van der Waals surface area contributed by atoms with Crippen LogP contribution in [0, 0.1) is 0 Å². The molecule has 1 aliphatic heterocycles. The molecule has 33 heavy (non-hydrogen) atoms. The minimum atomic E-state index is 1.03. The smallest absolute Gasteiger partial charge is 0.0730 e. The van der Waals surface area contributed by atoms with Crippen molar-refractivity contribution in [2.24, 2.45) is 0 Å². The SMILES string of the molecule is CN1CCN(c2cc(-c3ccc4ccccc4c3)nc3ccc(-c4ccccc4)cc23)CC1. The van der Waals surface area contributed by atoms with Gasteiger partial charge in [0.05, 0.1) is 11.2 Å². The standard InChI is InChI=1S/C30H27N3/c1-32-15-17-33(18-16-32)30-21-29(26-12-11-23-9-5-6-10-24(23)19-26)31-28-14-13-25(20-27(28)30)22-7-3-2-4-8-22/h2-14,19-21H,15-18H2,1H3. The van der Waals surface area contributed by atoms with Gasteiger partial charge in [0.1, 0.15) is 0 Å². The first kappa shape index (κ1) is 20.0. The van der Waals surface area contributed by atoms with Crippen molar-refractivity contribution in [1.29, 1.82) is 0 Å². The Morgan fingerprint density at radius 3 is 2.15 bits per heavy atom. The van der Waals surface area contributed by atoms with E-state index in [9.17, 15) is 0 Å². The van der Waals surface area contributed by atoms with Gasteiger partial charge in [-0.3, -0.25) is 0 Å². The van der Waals surface area contributed by atoms with Gasteiger partial charge in [-0.05, 0) is 53.2 Å². The Bertz CT molecular complexity index is 1430. The number of piperazine rings is 1. The van der Waals surface area contributed by atoms with E-state index in [2.05, 4.69) is 114 Å². The second-order valence-electron chi connectivity index (χ2n) is 8.98. The lowest BCUT2D eigenvalue weighted by atomic mass is 10.00. The molecule has 0 radical (unpaired) electrons. The Labute approximate surface area is 194 Å². The summed E-state index contributed by atoms with van der Waals surface area (Å²) in [5, 5.41) is 3.73. The highest BCUT2D eigenvalue weighted by Crippen LogP contribution is 2.35. The lowest BCUT2D eigenvalue weighted by Gasteiger charge is -2.35. The molecule has 0 aliphatic carbocycles. The first-order valence-electron chi connectivity index (χ1n) is 11.7. The number of nitrogens with zero attached hydrogens (tertiary/aromatic N) is 3. The van der Waals surface area contributed by atoms with Crippen molar-refractivity contribution in [2.45, 2.75) is 0 Å². The normalized spacial score (nSPS) is 14.8. The van der Waals surface area contributed by atoms with Crippen LogP contribution in [0.3, 0.4) is 0 Å². The van der Waals surface area contributed by atoms with E-state index in [1.807, 2.05) is 0 Å². The van der Waals surface area contributed by atoms with E-state index in [0.717, 1.165) is 43.0 Å². The molecule has 1 fully saturated rings. The van der Waals surface area contributed by atoms with Gasteiger partial charge in [0, 0.05) is 42.8 Å². The molecule has 4 aromatic carbocycles. The number of aromatic nitrogens is 1. The molecule has 0 bridgehead atoms. The summed E-state index contributed by atoms with van der Waals surface area (Å²) in [4.78, 5) is 10.1. The van der Waals surface area contributed by atoms with Crippen molar-refractivity contribution in [1.82, 2.24) is 9.88 Å².